The summed E-state index contributed by atoms with van der Waals surface area (Å²) in [5.41, 5.74) is 2.56. The van der Waals surface area contributed by atoms with Gasteiger partial charge in [0.15, 0.2) is 0 Å². The first-order valence-electron chi connectivity index (χ1n) is 35.0. The Balaban J connectivity index is 0.000000270. The smallest absolute Gasteiger partial charge is 0.0933 e. The second-order valence-corrected chi connectivity index (χ2v) is 33.6. The standard InChI is InChI=1S/C12H24N2O.C11H22N2O.C11H24N2O.C10H22N2.C9H20N2.C9H19NO2.C8H17NO/c1-11(2,3)13-5-7-14(8-6-13)12(4)9-15-10-12;1-11(2,3)13-6-4-12(5-7-13)10-8-14-9-10;1-11(2,3)13-7-5-12(6-8-13)9-10-14-4;1-5-11-6-8-12(9-7-11)10(2,3)4;1-9(2,3)11-7-5-10(4)6-8-11;1-9(2,3)10-4-5-12-8(6-10)7-11;1-8(2,3)9-4-6-10-7-5-9/h5-10H2,1-4H3;10H,4-9H2,1-3H3;5-10H2,1-4H3;5-9H2,1-4H3;5-8H2,1-4H3;8,11H,4-7H2,1-3H3;4-7H2,1-3H3. The van der Waals surface area contributed by atoms with Gasteiger partial charge < -0.3 is 38.6 Å². The van der Waals surface area contributed by atoms with Crippen LogP contribution in [0.5, 0.6) is 0 Å². The molecule has 0 spiro atoms. The van der Waals surface area contributed by atoms with Gasteiger partial charge in [0.05, 0.1) is 77.1 Å². The van der Waals surface area contributed by atoms with Crippen LogP contribution >= 0.6 is 0 Å². The predicted molar refractivity (Wildman–Crippen MR) is 372 cm³/mol. The zero-order chi connectivity index (χ0) is 66.4. The predicted octanol–water partition coefficient (Wildman–Crippen LogP) is 7.09. The molecule has 0 aromatic heterocycles. The summed E-state index contributed by atoms with van der Waals surface area (Å²) < 4.78 is 26.3. The highest BCUT2D eigenvalue weighted by molar-refractivity contribution is 4.96. The minimum absolute atomic E-state index is 0.0120. The van der Waals surface area contributed by atoms with Crippen LogP contribution in [0.15, 0.2) is 0 Å². The molecule has 1 atom stereocenters. The molecule has 0 aromatic carbocycles. The van der Waals surface area contributed by atoms with Crippen molar-refractivity contribution in [1.82, 2.24) is 58.8 Å². The van der Waals surface area contributed by atoms with Crippen LogP contribution in [0.2, 0.25) is 0 Å². The van der Waals surface area contributed by atoms with Crippen LogP contribution in [0.1, 0.15) is 159 Å². The number of aliphatic hydroxyl groups excluding tert-OH is 1. The van der Waals surface area contributed by atoms with Gasteiger partial charge in [0.2, 0.25) is 0 Å². The molecule has 524 valence electrons. The van der Waals surface area contributed by atoms with E-state index in [1.165, 1.54) is 137 Å². The molecule has 9 saturated heterocycles. The third-order valence-corrected chi connectivity index (χ3v) is 19.6. The van der Waals surface area contributed by atoms with Gasteiger partial charge in [-0.3, -0.25) is 49.0 Å². The van der Waals surface area contributed by atoms with Crippen LogP contribution in [-0.4, -0.2) is 364 Å². The SMILES string of the molecule is CC(C)(C)N1CCN(C2(C)COC2)CC1.CC(C)(C)N1CCN(C2COC2)CC1.CC(C)(C)N1CCOC(CO)C1.CC(C)(C)N1CCOCC1.CCN1CCN(C(C)(C)C)CC1.CN1CCN(C(C)(C)C)CC1.COCCN1CCN(C(C)(C)C)CC1. The molecule has 18 heteroatoms. The summed E-state index contributed by atoms with van der Waals surface area (Å²) in [7, 11) is 3.96. The number of ether oxygens (including phenoxy) is 5. The number of piperazine rings is 5. The van der Waals surface area contributed by atoms with Crippen molar-refractivity contribution in [3.8, 4) is 0 Å². The molecule has 18 nitrogen and oxygen atoms in total. The van der Waals surface area contributed by atoms with E-state index in [0.29, 0.717) is 38.8 Å². The fourth-order valence-corrected chi connectivity index (χ4v) is 12.4. The number of methoxy groups -OCH3 is 1. The van der Waals surface area contributed by atoms with Crippen molar-refractivity contribution in [3.63, 3.8) is 0 Å². The van der Waals surface area contributed by atoms with Gasteiger partial charge in [-0.1, -0.05) is 6.92 Å². The van der Waals surface area contributed by atoms with Gasteiger partial charge in [0.1, 0.15) is 0 Å². The maximum absolute atomic E-state index is 8.92. The Kier molecular flexibility index (Phi) is 34.8. The molecule has 9 fully saturated rings. The van der Waals surface area contributed by atoms with Crippen molar-refractivity contribution >= 4 is 0 Å². The molecule has 0 amide bonds. The maximum atomic E-state index is 8.92. The van der Waals surface area contributed by atoms with E-state index in [4.69, 9.17) is 28.8 Å². The summed E-state index contributed by atoms with van der Waals surface area (Å²) in [6, 6.07) is 0.720. The van der Waals surface area contributed by atoms with Crippen molar-refractivity contribution in [3.05, 3.63) is 0 Å². The average Bonchev–Trinajstić information content (AvgIpc) is 2.45. The maximum Gasteiger partial charge on any atom is 0.0933 e. The van der Waals surface area contributed by atoms with Crippen molar-refractivity contribution < 1.29 is 28.8 Å². The average molecular weight is 1250 g/mol. The Bertz CT molecular complexity index is 1780. The van der Waals surface area contributed by atoms with Crippen molar-refractivity contribution in [2.45, 2.75) is 216 Å². The van der Waals surface area contributed by atoms with E-state index in [9.17, 15) is 0 Å². The van der Waals surface area contributed by atoms with E-state index in [1.807, 2.05) is 0 Å². The molecule has 0 bridgehead atoms. The largest absolute Gasteiger partial charge is 0.394 e. The van der Waals surface area contributed by atoms with Gasteiger partial charge in [-0.2, -0.15) is 0 Å². The molecule has 1 N–H and O–H groups in total. The van der Waals surface area contributed by atoms with E-state index in [-0.39, 0.29) is 18.2 Å². The number of aliphatic hydroxyl groups is 1. The summed E-state index contributed by atoms with van der Waals surface area (Å²) in [6.45, 7) is 90.1. The Morgan fingerprint density at radius 3 is 1.09 bits per heavy atom. The fourth-order valence-electron chi connectivity index (χ4n) is 12.4. The molecule has 9 aliphatic heterocycles. The van der Waals surface area contributed by atoms with Gasteiger partial charge in [-0.25, -0.2) is 0 Å². The van der Waals surface area contributed by atoms with Crippen LogP contribution in [0.25, 0.3) is 0 Å². The summed E-state index contributed by atoms with van der Waals surface area (Å²) in [5, 5.41) is 8.92. The molecule has 9 heterocycles. The monoisotopic (exact) mass is 1250 g/mol. The fraction of sp³-hybridized carbons (Fsp3) is 1.00. The van der Waals surface area contributed by atoms with Crippen molar-refractivity contribution in [1.29, 1.82) is 0 Å². The van der Waals surface area contributed by atoms with Gasteiger partial charge in [0, 0.05) is 210 Å². The molecule has 0 aliphatic carbocycles. The van der Waals surface area contributed by atoms with Gasteiger partial charge in [-0.15, -0.1) is 0 Å². The number of nitrogens with zero attached hydrogens (tertiary/aromatic N) is 12. The molecule has 0 saturated carbocycles. The summed E-state index contributed by atoms with van der Waals surface area (Å²) in [6.07, 6.45) is 0.0120. The highest BCUT2D eigenvalue weighted by Gasteiger charge is 2.42. The van der Waals surface area contributed by atoms with Gasteiger partial charge >= 0.3 is 0 Å². The van der Waals surface area contributed by atoms with E-state index < -0.39 is 0 Å². The lowest BCUT2D eigenvalue weighted by atomic mass is 9.96. The molecule has 0 radical (unpaired) electrons. The van der Waals surface area contributed by atoms with Crippen LogP contribution in [-0.2, 0) is 23.7 Å². The summed E-state index contributed by atoms with van der Waals surface area (Å²) in [5.74, 6) is 0. The lowest BCUT2D eigenvalue weighted by Gasteiger charge is -2.52. The molecule has 9 aliphatic rings. The molecule has 1 unspecified atom stereocenters. The first-order valence-corrected chi connectivity index (χ1v) is 35.0. The van der Waals surface area contributed by atoms with Crippen molar-refractivity contribution in [2.24, 2.45) is 0 Å². The molecule has 9 rings (SSSR count). The summed E-state index contributed by atoms with van der Waals surface area (Å²) >= 11 is 0. The molecule has 88 heavy (non-hydrogen) atoms. The minimum Gasteiger partial charge on any atom is -0.394 e. The number of rotatable bonds is 7. The zero-order valence-corrected chi connectivity index (χ0v) is 62.8. The van der Waals surface area contributed by atoms with Crippen LogP contribution in [0.4, 0.5) is 0 Å². The highest BCUT2D eigenvalue weighted by atomic mass is 16.5. The Hall–Kier alpha value is -0.720. The van der Waals surface area contributed by atoms with E-state index in [2.05, 4.69) is 225 Å². The number of likely N-dealkylation sites (N-methyl/N-ethyl adjacent to an activating group) is 2. The van der Waals surface area contributed by atoms with Crippen molar-refractivity contribution in [2.75, 3.05) is 244 Å². The Labute approximate surface area is 544 Å². The number of hydrogen-bond donors (Lipinski definition) is 1. The number of morpholine rings is 2. The zero-order valence-electron chi connectivity index (χ0n) is 62.8. The molecule has 0 aromatic rings. The second kappa shape index (κ2) is 37.5. The highest BCUT2D eigenvalue weighted by Crippen LogP contribution is 2.28. The Morgan fingerprint density at radius 1 is 0.420 bits per heavy atom. The topological polar surface area (TPSA) is 105 Å². The Morgan fingerprint density at radius 2 is 0.773 bits per heavy atom. The van der Waals surface area contributed by atoms with E-state index in [0.717, 1.165) is 91.6 Å². The summed E-state index contributed by atoms with van der Waals surface area (Å²) in [4.78, 5) is 30.2. The van der Waals surface area contributed by atoms with Gasteiger partial charge in [0.25, 0.3) is 0 Å². The quantitative estimate of drug-likeness (QED) is 0.280. The van der Waals surface area contributed by atoms with Crippen LogP contribution in [0, 0.1) is 0 Å². The molecular formula is C70H148N12O6. The third-order valence-electron chi connectivity index (χ3n) is 19.6. The number of hydrogen-bond acceptors (Lipinski definition) is 18. The molecular weight excluding hydrogens is 1100 g/mol. The van der Waals surface area contributed by atoms with Gasteiger partial charge in [-0.05, 0) is 166 Å². The normalized spacial score (nSPS) is 25.2. The first kappa shape index (κ1) is 81.5. The minimum atomic E-state index is 0.0120. The lowest BCUT2D eigenvalue weighted by Crippen LogP contribution is -2.65. The third kappa shape index (κ3) is 30.3. The second-order valence-electron chi connectivity index (χ2n) is 33.6. The lowest BCUT2D eigenvalue weighted by molar-refractivity contribution is -0.143. The van der Waals surface area contributed by atoms with Crippen LogP contribution in [0.3, 0.4) is 0 Å². The first-order chi connectivity index (χ1) is 40.7. The van der Waals surface area contributed by atoms with E-state index in [1.54, 1.807) is 7.11 Å². The van der Waals surface area contributed by atoms with E-state index >= 15 is 0 Å². The van der Waals surface area contributed by atoms with Crippen LogP contribution < -0.4 is 0 Å².